The van der Waals surface area contributed by atoms with Crippen LogP contribution in [0.3, 0.4) is 0 Å². The maximum atomic E-state index is 13.4. The largest absolute Gasteiger partial charge is 0.368 e. The standard InChI is InChI=1S/C20H23N3O4/c1-22-19(26)13-14(20(22)27)16(17(21)24)23(18(25)12-9-5-6-10-12)15(13)11-7-3-2-4-8-11/h2-4,7-8,12-16H,5-6,9-10H2,1H3,(H2,21,24). The van der Waals surface area contributed by atoms with Crippen LogP contribution >= 0.6 is 0 Å². The van der Waals surface area contributed by atoms with Crippen molar-refractivity contribution in [2.75, 3.05) is 7.05 Å². The maximum absolute atomic E-state index is 13.4. The zero-order valence-electron chi connectivity index (χ0n) is 15.2. The SMILES string of the molecule is CN1C(=O)C2C(C1=O)C(c1ccccc1)N(C(=O)C1CCCC1)C2C(N)=O. The van der Waals surface area contributed by atoms with Crippen LogP contribution in [-0.4, -0.2) is 46.5 Å². The minimum Gasteiger partial charge on any atom is -0.368 e. The van der Waals surface area contributed by atoms with Crippen molar-refractivity contribution in [1.29, 1.82) is 0 Å². The van der Waals surface area contributed by atoms with Gasteiger partial charge in [0.25, 0.3) is 0 Å². The highest BCUT2D eigenvalue weighted by Crippen LogP contribution is 2.50. The summed E-state index contributed by atoms with van der Waals surface area (Å²) in [6.45, 7) is 0. The van der Waals surface area contributed by atoms with Crippen LogP contribution in [0.25, 0.3) is 0 Å². The first kappa shape index (κ1) is 17.7. The normalized spacial score (nSPS) is 30.9. The first-order valence-corrected chi connectivity index (χ1v) is 9.41. The number of fused-ring (bicyclic) bond motifs is 1. The summed E-state index contributed by atoms with van der Waals surface area (Å²) in [4.78, 5) is 53.8. The number of nitrogens with two attached hydrogens (primary N) is 1. The second-order valence-corrected chi connectivity index (χ2v) is 7.72. The molecule has 2 aliphatic heterocycles. The molecule has 0 radical (unpaired) electrons. The quantitative estimate of drug-likeness (QED) is 0.798. The number of rotatable bonds is 3. The molecular weight excluding hydrogens is 346 g/mol. The highest BCUT2D eigenvalue weighted by atomic mass is 16.2. The fourth-order valence-corrected chi connectivity index (χ4v) is 5.03. The van der Waals surface area contributed by atoms with Gasteiger partial charge in [-0.25, -0.2) is 0 Å². The van der Waals surface area contributed by atoms with Gasteiger partial charge in [-0.05, 0) is 18.4 Å². The first-order valence-electron chi connectivity index (χ1n) is 9.41. The Bertz CT molecular complexity index is 803. The van der Waals surface area contributed by atoms with Crippen LogP contribution in [0.2, 0.25) is 0 Å². The van der Waals surface area contributed by atoms with Gasteiger partial charge in [-0.2, -0.15) is 0 Å². The summed E-state index contributed by atoms with van der Waals surface area (Å²) in [5, 5.41) is 0. The lowest BCUT2D eigenvalue weighted by Crippen LogP contribution is -2.51. The molecule has 1 saturated carbocycles. The molecule has 7 heteroatoms. The van der Waals surface area contributed by atoms with Gasteiger partial charge in [-0.3, -0.25) is 24.1 Å². The smallest absolute Gasteiger partial charge is 0.241 e. The second kappa shape index (κ2) is 6.48. The van der Waals surface area contributed by atoms with Crippen LogP contribution in [0.4, 0.5) is 0 Å². The molecule has 2 saturated heterocycles. The summed E-state index contributed by atoms with van der Waals surface area (Å²) in [6.07, 6.45) is 3.46. The maximum Gasteiger partial charge on any atom is 0.241 e. The van der Waals surface area contributed by atoms with Crippen molar-refractivity contribution in [2.24, 2.45) is 23.5 Å². The van der Waals surface area contributed by atoms with Gasteiger partial charge in [-0.1, -0.05) is 43.2 Å². The average molecular weight is 369 g/mol. The Morgan fingerprint density at radius 3 is 2.19 bits per heavy atom. The van der Waals surface area contributed by atoms with E-state index < -0.39 is 35.7 Å². The van der Waals surface area contributed by atoms with Crippen LogP contribution in [0.5, 0.6) is 0 Å². The van der Waals surface area contributed by atoms with Crippen molar-refractivity contribution < 1.29 is 19.2 Å². The minimum atomic E-state index is -1.09. The highest BCUT2D eigenvalue weighted by Gasteiger charge is 2.64. The first-order chi connectivity index (χ1) is 12.9. The van der Waals surface area contributed by atoms with E-state index in [-0.39, 0.29) is 17.7 Å². The molecule has 2 N–H and O–H groups in total. The third-order valence-corrected chi connectivity index (χ3v) is 6.29. The van der Waals surface area contributed by atoms with Crippen LogP contribution in [0.15, 0.2) is 30.3 Å². The molecule has 4 amide bonds. The Morgan fingerprint density at radius 1 is 1.00 bits per heavy atom. The van der Waals surface area contributed by atoms with Gasteiger partial charge in [-0.15, -0.1) is 0 Å². The predicted molar refractivity (Wildman–Crippen MR) is 95.7 cm³/mol. The third-order valence-electron chi connectivity index (χ3n) is 6.29. The van der Waals surface area contributed by atoms with Crippen molar-refractivity contribution in [3.8, 4) is 0 Å². The molecule has 0 aromatic heterocycles. The van der Waals surface area contributed by atoms with Gasteiger partial charge in [0.05, 0.1) is 17.9 Å². The topological polar surface area (TPSA) is 101 Å². The van der Waals surface area contributed by atoms with Crippen LogP contribution in [0.1, 0.15) is 37.3 Å². The predicted octanol–water partition coefficient (Wildman–Crippen LogP) is 0.845. The zero-order valence-corrected chi connectivity index (χ0v) is 15.2. The number of hydrogen-bond acceptors (Lipinski definition) is 4. The number of hydrogen-bond donors (Lipinski definition) is 1. The number of carbonyl (C=O) groups excluding carboxylic acids is 4. The fraction of sp³-hybridized carbons (Fsp3) is 0.500. The van der Waals surface area contributed by atoms with Gasteiger partial charge < -0.3 is 10.6 Å². The number of imide groups is 1. The number of carbonyl (C=O) groups is 4. The molecule has 1 aromatic rings. The molecule has 0 spiro atoms. The van der Waals surface area contributed by atoms with Crippen molar-refractivity contribution in [3.63, 3.8) is 0 Å². The van der Waals surface area contributed by atoms with Crippen LogP contribution in [0, 0.1) is 17.8 Å². The van der Waals surface area contributed by atoms with E-state index >= 15 is 0 Å². The molecule has 4 rings (SSSR count). The Balaban J connectivity index is 1.85. The Hall–Kier alpha value is -2.70. The monoisotopic (exact) mass is 369 g/mol. The number of amides is 4. The van der Waals surface area contributed by atoms with E-state index in [0.29, 0.717) is 0 Å². The lowest BCUT2D eigenvalue weighted by Gasteiger charge is -2.33. The molecule has 1 aromatic carbocycles. The lowest BCUT2D eigenvalue weighted by atomic mass is 9.86. The van der Waals surface area contributed by atoms with E-state index in [1.54, 1.807) is 0 Å². The van der Waals surface area contributed by atoms with Gasteiger partial charge >= 0.3 is 0 Å². The Morgan fingerprint density at radius 2 is 1.59 bits per heavy atom. The fourth-order valence-electron chi connectivity index (χ4n) is 5.03. The summed E-state index contributed by atoms with van der Waals surface area (Å²) < 4.78 is 0. The summed E-state index contributed by atoms with van der Waals surface area (Å²) >= 11 is 0. The number of nitrogens with zero attached hydrogens (tertiary/aromatic N) is 2. The van der Waals surface area contributed by atoms with E-state index in [1.807, 2.05) is 30.3 Å². The van der Waals surface area contributed by atoms with Crippen molar-refractivity contribution >= 4 is 23.6 Å². The molecular formula is C20H23N3O4. The van der Waals surface area contributed by atoms with E-state index in [1.165, 1.54) is 11.9 Å². The summed E-state index contributed by atoms with van der Waals surface area (Å²) in [5.74, 6) is -3.54. The molecule has 4 unspecified atom stereocenters. The summed E-state index contributed by atoms with van der Waals surface area (Å²) in [7, 11) is 1.42. The van der Waals surface area contributed by atoms with Gasteiger partial charge in [0.1, 0.15) is 6.04 Å². The highest BCUT2D eigenvalue weighted by molar-refractivity contribution is 6.09. The van der Waals surface area contributed by atoms with Crippen molar-refractivity contribution in [2.45, 2.75) is 37.8 Å². The van der Waals surface area contributed by atoms with Gasteiger partial charge in [0.15, 0.2) is 0 Å². The minimum absolute atomic E-state index is 0.164. The average Bonchev–Trinajstić information content (AvgIpc) is 3.36. The second-order valence-electron chi connectivity index (χ2n) is 7.72. The molecule has 142 valence electrons. The molecule has 0 bridgehead atoms. The zero-order chi connectivity index (χ0) is 19.3. The molecule has 2 heterocycles. The number of primary amides is 1. The van der Waals surface area contributed by atoms with E-state index in [0.717, 1.165) is 36.1 Å². The molecule has 4 atom stereocenters. The van der Waals surface area contributed by atoms with Crippen LogP contribution < -0.4 is 5.73 Å². The number of likely N-dealkylation sites (tertiary alicyclic amines) is 2. The number of benzene rings is 1. The van der Waals surface area contributed by atoms with Gasteiger partial charge in [0.2, 0.25) is 23.6 Å². The van der Waals surface area contributed by atoms with Gasteiger partial charge in [0, 0.05) is 13.0 Å². The van der Waals surface area contributed by atoms with E-state index in [9.17, 15) is 19.2 Å². The molecule has 7 nitrogen and oxygen atoms in total. The molecule has 27 heavy (non-hydrogen) atoms. The van der Waals surface area contributed by atoms with Crippen molar-refractivity contribution in [3.05, 3.63) is 35.9 Å². The van der Waals surface area contributed by atoms with E-state index in [4.69, 9.17) is 5.73 Å². The summed E-state index contributed by atoms with van der Waals surface area (Å²) in [5.41, 5.74) is 6.41. The Kier molecular flexibility index (Phi) is 4.25. The summed E-state index contributed by atoms with van der Waals surface area (Å²) in [6, 6.07) is 7.42. The molecule has 3 aliphatic rings. The van der Waals surface area contributed by atoms with E-state index in [2.05, 4.69) is 0 Å². The Labute approximate surface area is 157 Å². The van der Waals surface area contributed by atoms with Crippen LogP contribution in [-0.2, 0) is 19.2 Å². The lowest BCUT2D eigenvalue weighted by molar-refractivity contribution is -0.148. The third kappa shape index (κ3) is 2.56. The van der Waals surface area contributed by atoms with Crippen molar-refractivity contribution in [1.82, 2.24) is 9.80 Å². The molecule has 3 fully saturated rings. The molecule has 1 aliphatic carbocycles.